The van der Waals surface area contributed by atoms with Crippen LogP contribution in [0.4, 0.5) is 4.39 Å². The lowest BCUT2D eigenvalue weighted by molar-refractivity contribution is 0.562. The molecule has 108 valence electrons. The molecule has 1 aromatic carbocycles. The van der Waals surface area contributed by atoms with Gasteiger partial charge in [0.05, 0.1) is 17.4 Å². The van der Waals surface area contributed by atoms with Crippen molar-refractivity contribution in [3.63, 3.8) is 0 Å². The van der Waals surface area contributed by atoms with Gasteiger partial charge in [-0.1, -0.05) is 26.0 Å². The van der Waals surface area contributed by atoms with Gasteiger partial charge < -0.3 is 5.32 Å². The molecule has 1 heterocycles. The van der Waals surface area contributed by atoms with Crippen molar-refractivity contribution in [1.82, 2.24) is 15.1 Å². The Hall–Kier alpha value is -1.68. The van der Waals surface area contributed by atoms with E-state index in [9.17, 15) is 4.39 Å². The Morgan fingerprint density at radius 2 is 2.05 bits per heavy atom. The number of hydrogen-bond acceptors (Lipinski definition) is 2. The minimum absolute atomic E-state index is 0.0344. The average molecular weight is 275 g/mol. The lowest BCUT2D eigenvalue weighted by Crippen LogP contribution is -2.24. The van der Waals surface area contributed by atoms with Crippen LogP contribution >= 0.6 is 0 Å². The van der Waals surface area contributed by atoms with E-state index < -0.39 is 0 Å². The molecule has 0 saturated heterocycles. The molecule has 0 aliphatic heterocycles. The quantitative estimate of drug-likeness (QED) is 0.908. The highest BCUT2D eigenvalue weighted by atomic mass is 19.1. The number of aryl methyl sites for hydroxylation is 3. The van der Waals surface area contributed by atoms with Crippen LogP contribution in [-0.4, -0.2) is 16.3 Å². The van der Waals surface area contributed by atoms with E-state index in [0.717, 1.165) is 29.9 Å². The molecular weight excluding hydrogens is 253 g/mol. The summed E-state index contributed by atoms with van der Waals surface area (Å²) in [6, 6.07) is 7.47. The number of nitrogens with one attached hydrogen (secondary N) is 1. The predicted octanol–water partition coefficient (Wildman–Crippen LogP) is 3.13. The summed E-state index contributed by atoms with van der Waals surface area (Å²) in [5, 5.41) is 7.89. The summed E-state index contributed by atoms with van der Waals surface area (Å²) >= 11 is 0. The molecule has 0 radical (unpaired) electrons. The van der Waals surface area contributed by atoms with Crippen LogP contribution in [0, 0.1) is 12.7 Å². The van der Waals surface area contributed by atoms with Crippen molar-refractivity contribution in [2.45, 2.75) is 33.2 Å². The molecule has 1 N–H and O–H groups in total. The summed E-state index contributed by atoms with van der Waals surface area (Å²) in [6.45, 7) is 6.72. The molecule has 0 saturated carbocycles. The maximum Gasteiger partial charge on any atom is 0.126 e. The van der Waals surface area contributed by atoms with Gasteiger partial charge in [0.15, 0.2) is 0 Å². The van der Waals surface area contributed by atoms with Crippen LogP contribution in [0.1, 0.15) is 42.4 Å². The fourth-order valence-electron chi connectivity index (χ4n) is 2.37. The molecule has 4 heteroatoms. The molecule has 3 nitrogen and oxygen atoms in total. The summed E-state index contributed by atoms with van der Waals surface area (Å²) < 4.78 is 15.7. The number of nitrogens with zero attached hydrogens (tertiary/aromatic N) is 2. The van der Waals surface area contributed by atoms with Gasteiger partial charge in [-0.25, -0.2) is 4.39 Å². The van der Waals surface area contributed by atoms with E-state index in [-0.39, 0.29) is 11.9 Å². The fraction of sp³-hybridized carbons (Fsp3) is 0.438. The highest BCUT2D eigenvalue weighted by molar-refractivity contribution is 5.32. The van der Waals surface area contributed by atoms with Gasteiger partial charge in [-0.15, -0.1) is 0 Å². The first-order valence-corrected chi connectivity index (χ1v) is 7.09. The van der Waals surface area contributed by atoms with E-state index in [4.69, 9.17) is 0 Å². The molecular formula is C16H22FN3. The van der Waals surface area contributed by atoms with Crippen molar-refractivity contribution in [1.29, 1.82) is 0 Å². The maximum atomic E-state index is 13.8. The molecule has 0 spiro atoms. The Balaban J connectivity index is 2.44. The number of rotatable bonds is 5. The summed E-state index contributed by atoms with van der Waals surface area (Å²) in [6.07, 6.45) is 0.898. The number of hydrogen-bond donors (Lipinski definition) is 1. The molecule has 0 aliphatic carbocycles. The van der Waals surface area contributed by atoms with Crippen LogP contribution in [-0.2, 0) is 13.5 Å². The molecule has 0 bridgehead atoms. The molecule has 20 heavy (non-hydrogen) atoms. The van der Waals surface area contributed by atoms with Crippen LogP contribution in [0.2, 0.25) is 0 Å². The van der Waals surface area contributed by atoms with Crippen molar-refractivity contribution in [3.05, 3.63) is 52.6 Å². The molecule has 0 fully saturated rings. The van der Waals surface area contributed by atoms with E-state index in [2.05, 4.69) is 30.3 Å². The number of halogens is 1. The zero-order valence-corrected chi connectivity index (χ0v) is 12.6. The van der Waals surface area contributed by atoms with Gasteiger partial charge in [-0.2, -0.15) is 5.10 Å². The largest absolute Gasteiger partial charge is 0.305 e. The van der Waals surface area contributed by atoms with Gasteiger partial charge in [0, 0.05) is 7.05 Å². The standard InChI is InChI=1S/C16H22FN3/c1-5-13-10-15(20(4)19-13)16(18-6-2)12-8-7-11(3)14(17)9-12/h7-10,16,18H,5-6H2,1-4H3. The lowest BCUT2D eigenvalue weighted by atomic mass is 10.0. The Labute approximate surface area is 119 Å². The van der Waals surface area contributed by atoms with E-state index in [1.165, 1.54) is 0 Å². The predicted molar refractivity (Wildman–Crippen MR) is 79.2 cm³/mol. The van der Waals surface area contributed by atoms with Gasteiger partial charge in [0.1, 0.15) is 5.82 Å². The van der Waals surface area contributed by atoms with Crippen molar-refractivity contribution < 1.29 is 4.39 Å². The van der Waals surface area contributed by atoms with Gasteiger partial charge in [-0.05, 0) is 43.1 Å². The topological polar surface area (TPSA) is 29.9 Å². The van der Waals surface area contributed by atoms with Crippen LogP contribution in [0.5, 0.6) is 0 Å². The monoisotopic (exact) mass is 275 g/mol. The van der Waals surface area contributed by atoms with E-state index in [1.54, 1.807) is 13.0 Å². The van der Waals surface area contributed by atoms with Gasteiger partial charge >= 0.3 is 0 Å². The number of aromatic nitrogens is 2. The minimum atomic E-state index is -0.164. The molecule has 1 aromatic heterocycles. The normalized spacial score (nSPS) is 12.7. The molecule has 2 aromatic rings. The van der Waals surface area contributed by atoms with Gasteiger partial charge in [-0.3, -0.25) is 4.68 Å². The second-order valence-electron chi connectivity index (χ2n) is 5.04. The number of benzene rings is 1. The Morgan fingerprint density at radius 1 is 1.30 bits per heavy atom. The highest BCUT2D eigenvalue weighted by Gasteiger charge is 2.18. The fourth-order valence-corrected chi connectivity index (χ4v) is 2.37. The van der Waals surface area contributed by atoms with Gasteiger partial charge in [0.2, 0.25) is 0 Å². The SMILES string of the molecule is CCNC(c1ccc(C)c(F)c1)c1cc(CC)nn1C. The second-order valence-corrected chi connectivity index (χ2v) is 5.04. The smallest absolute Gasteiger partial charge is 0.126 e. The molecule has 2 rings (SSSR count). The van der Waals surface area contributed by atoms with E-state index in [0.29, 0.717) is 5.56 Å². The molecule has 0 aliphatic rings. The third kappa shape index (κ3) is 2.90. The molecule has 0 amide bonds. The summed E-state index contributed by atoms with van der Waals surface area (Å²) in [5.41, 5.74) is 3.72. The highest BCUT2D eigenvalue weighted by Crippen LogP contribution is 2.24. The van der Waals surface area contributed by atoms with Crippen LogP contribution in [0.15, 0.2) is 24.3 Å². The summed E-state index contributed by atoms with van der Waals surface area (Å²) in [7, 11) is 1.93. The second kappa shape index (κ2) is 6.18. The van der Waals surface area contributed by atoms with Crippen molar-refractivity contribution in [2.24, 2.45) is 7.05 Å². The third-order valence-electron chi connectivity index (χ3n) is 3.56. The van der Waals surface area contributed by atoms with Crippen molar-refractivity contribution >= 4 is 0 Å². The van der Waals surface area contributed by atoms with E-state index in [1.807, 2.05) is 23.9 Å². The first kappa shape index (κ1) is 14.7. The summed E-state index contributed by atoms with van der Waals surface area (Å²) in [4.78, 5) is 0. The van der Waals surface area contributed by atoms with E-state index >= 15 is 0 Å². The Morgan fingerprint density at radius 3 is 2.60 bits per heavy atom. The van der Waals surface area contributed by atoms with Crippen LogP contribution in [0.25, 0.3) is 0 Å². The molecule has 1 atom stereocenters. The maximum absolute atomic E-state index is 13.8. The third-order valence-corrected chi connectivity index (χ3v) is 3.56. The van der Waals surface area contributed by atoms with Crippen LogP contribution < -0.4 is 5.32 Å². The average Bonchev–Trinajstić information content (AvgIpc) is 2.80. The first-order chi connectivity index (χ1) is 9.56. The minimum Gasteiger partial charge on any atom is -0.305 e. The molecule has 1 unspecified atom stereocenters. The lowest BCUT2D eigenvalue weighted by Gasteiger charge is -2.19. The van der Waals surface area contributed by atoms with Crippen molar-refractivity contribution in [2.75, 3.05) is 6.54 Å². The Kier molecular flexibility index (Phi) is 4.55. The van der Waals surface area contributed by atoms with Crippen molar-refractivity contribution in [3.8, 4) is 0 Å². The summed E-state index contributed by atoms with van der Waals surface area (Å²) in [5.74, 6) is -0.164. The van der Waals surface area contributed by atoms with Crippen LogP contribution in [0.3, 0.4) is 0 Å². The van der Waals surface area contributed by atoms with Gasteiger partial charge in [0.25, 0.3) is 0 Å². The zero-order valence-electron chi connectivity index (χ0n) is 12.6. The first-order valence-electron chi connectivity index (χ1n) is 7.09. The zero-order chi connectivity index (χ0) is 14.7. The Bertz CT molecular complexity index is 589.